The van der Waals surface area contributed by atoms with E-state index in [1.54, 1.807) is 13.8 Å². The highest BCUT2D eigenvalue weighted by molar-refractivity contribution is 5.96. The molecule has 4 N–H and O–H groups in total. The van der Waals surface area contributed by atoms with Gasteiger partial charge in [-0.05, 0) is 19.4 Å². The lowest BCUT2D eigenvalue weighted by Crippen LogP contribution is -2.40. The van der Waals surface area contributed by atoms with Crippen LogP contribution < -0.4 is 27.4 Å². The second-order valence-electron chi connectivity index (χ2n) is 7.77. The summed E-state index contributed by atoms with van der Waals surface area (Å²) in [5.41, 5.74) is 7.47. The quantitative estimate of drug-likeness (QED) is 0.399. The zero-order valence-electron chi connectivity index (χ0n) is 18.4. The number of nitrogens with zero attached hydrogens (tertiary/aromatic N) is 4. The molecule has 3 aromatic heterocycles. The van der Waals surface area contributed by atoms with Crippen molar-refractivity contribution < 1.29 is 4.79 Å². The summed E-state index contributed by atoms with van der Waals surface area (Å²) in [4.78, 5) is 57.5. The summed E-state index contributed by atoms with van der Waals surface area (Å²) in [6.07, 6.45) is -0.0893. The highest BCUT2D eigenvalue weighted by atomic mass is 16.2. The maximum absolute atomic E-state index is 13.1. The summed E-state index contributed by atoms with van der Waals surface area (Å²) in [7, 11) is 1.43. The molecule has 0 bridgehead atoms. The number of hydrogen-bond acceptors (Lipinski definition) is 6. The Labute approximate surface area is 187 Å². The average molecular weight is 449 g/mol. The molecule has 4 aromatic rings. The maximum Gasteiger partial charge on any atom is 0.330 e. The summed E-state index contributed by atoms with van der Waals surface area (Å²) in [6, 6.07) is 10.5. The highest BCUT2D eigenvalue weighted by Gasteiger charge is 2.23. The third kappa shape index (κ3) is 3.95. The van der Waals surface area contributed by atoms with Crippen molar-refractivity contribution in [3.63, 3.8) is 0 Å². The Balaban J connectivity index is 1.70. The first-order chi connectivity index (χ1) is 15.7. The van der Waals surface area contributed by atoms with Crippen molar-refractivity contribution >= 4 is 23.1 Å². The Bertz CT molecular complexity index is 1540. The molecule has 1 aromatic carbocycles. The van der Waals surface area contributed by atoms with Crippen molar-refractivity contribution in [3.05, 3.63) is 90.1 Å². The lowest BCUT2D eigenvalue weighted by molar-refractivity contribution is -0.117. The smallest absolute Gasteiger partial charge is 0.330 e. The summed E-state index contributed by atoms with van der Waals surface area (Å²) in [5.74, 6) is -0.542. The van der Waals surface area contributed by atoms with E-state index in [0.29, 0.717) is 22.6 Å². The molecule has 3 heterocycles. The van der Waals surface area contributed by atoms with E-state index >= 15 is 0 Å². The van der Waals surface area contributed by atoms with Crippen LogP contribution in [0.25, 0.3) is 5.65 Å². The predicted octanol–water partition coefficient (Wildman–Crippen LogP) is 0.325. The predicted molar refractivity (Wildman–Crippen MR) is 124 cm³/mol. The number of hydrogen-bond donors (Lipinski definition) is 3. The number of nitrogens with two attached hydrogens (primary N) is 1. The minimum Gasteiger partial charge on any atom is -0.383 e. The van der Waals surface area contributed by atoms with E-state index in [9.17, 15) is 19.2 Å². The summed E-state index contributed by atoms with van der Waals surface area (Å²) < 4.78 is 2.73. The van der Waals surface area contributed by atoms with E-state index < -0.39 is 17.2 Å². The van der Waals surface area contributed by atoms with E-state index in [-0.39, 0.29) is 30.0 Å². The van der Waals surface area contributed by atoms with E-state index in [2.05, 4.69) is 15.1 Å². The van der Waals surface area contributed by atoms with Crippen LogP contribution >= 0.6 is 0 Å². The second kappa shape index (κ2) is 8.26. The van der Waals surface area contributed by atoms with Crippen LogP contribution in [0.1, 0.15) is 22.5 Å². The Hall–Kier alpha value is -4.41. The van der Waals surface area contributed by atoms with E-state index in [0.717, 1.165) is 10.5 Å². The van der Waals surface area contributed by atoms with Crippen molar-refractivity contribution in [3.8, 4) is 0 Å². The molecule has 11 nitrogen and oxygen atoms in total. The molecule has 0 aliphatic heterocycles. The van der Waals surface area contributed by atoms with Crippen LogP contribution in [0, 0.1) is 13.8 Å². The molecule has 1 amide bonds. The fraction of sp³-hybridized carbons (Fsp3) is 0.227. The van der Waals surface area contributed by atoms with Crippen LogP contribution in [-0.2, 0) is 17.8 Å². The van der Waals surface area contributed by atoms with Crippen molar-refractivity contribution in [2.24, 2.45) is 0 Å². The lowest BCUT2D eigenvalue weighted by atomic mass is 10.1. The Morgan fingerprint density at radius 2 is 1.85 bits per heavy atom. The van der Waals surface area contributed by atoms with Crippen molar-refractivity contribution in [1.82, 2.24) is 24.1 Å². The zero-order valence-corrected chi connectivity index (χ0v) is 18.4. The average Bonchev–Trinajstić information content (AvgIpc) is 3.14. The van der Waals surface area contributed by atoms with Gasteiger partial charge in [-0.2, -0.15) is 0 Å². The van der Waals surface area contributed by atoms with Gasteiger partial charge in [0, 0.05) is 30.1 Å². The summed E-state index contributed by atoms with van der Waals surface area (Å²) in [5, 5.41) is 2.64. The number of carbonyl (C=O) groups is 1. The number of aryl methyl sites for hydroxylation is 2. The van der Waals surface area contributed by atoms with Gasteiger partial charge in [-0.1, -0.05) is 30.3 Å². The molecular weight excluding hydrogens is 426 g/mol. The van der Waals surface area contributed by atoms with Crippen molar-refractivity contribution in [2.45, 2.75) is 26.8 Å². The molecule has 0 saturated heterocycles. The molecule has 0 fully saturated rings. The minimum absolute atomic E-state index is 0.0893. The zero-order chi connectivity index (χ0) is 23.9. The summed E-state index contributed by atoms with van der Waals surface area (Å²) >= 11 is 0. The van der Waals surface area contributed by atoms with Gasteiger partial charge in [-0.3, -0.25) is 29.0 Å². The number of anilines is 2. The third-order valence-electron chi connectivity index (χ3n) is 5.64. The first-order valence-electron chi connectivity index (χ1n) is 10.2. The lowest BCUT2D eigenvalue weighted by Gasteiger charge is -2.21. The van der Waals surface area contributed by atoms with Crippen LogP contribution in [0.4, 0.5) is 11.5 Å². The fourth-order valence-electron chi connectivity index (χ4n) is 3.83. The Morgan fingerprint density at radius 1 is 1.15 bits per heavy atom. The number of aromatic nitrogens is 5. The van der Waals surface area contributed by atoms with Gasteiger partial charge in [-0.25, -0.2) is 14.3 Å². The number of likely N-dealkylation sites (N-methyl/N-ethyl adjacent to an activating group) is 1. The number of amides is 1. The van der Waals surface area contributed by atoms with Gasteiger partial charge in [-0.15, -0.1) is 0 Å². The van der Waals surface area contributed by atoms with Crippen LogP contribution in [0.15, 0.2) is 50.8 Å². The number of nitrogens with one attached hydrogen (secondary N) is 2. The van der Waals surface area contributed by atoms with E-state index in [1.807, 2.05) is 30.3 Å². The Morgan fingerprint density at radius 3 is 2.55 bits per heavy atom. The van der Waals surface area contributed by atoms with E-state index in [1.165, 1.54) is 22.2 Å². The van der Waals surface area contributed by atoms with Gasteiger partial charge in [0.2, 0.25) is 5.91 Å². The number of H-pyrrole nitrogens is 2. The van der Waals surface area contributed by atoms with Crippen LogP contribution in [0.5, 0.6) is 0 Å². The topological polar surface area (TPSA) is 151 Å². The Kier molecular flexibility index (Phi) is 5.46. The molecule has 0 aliphatic rings. The van der Waals surface area contributed by atoms with Crippen LogP contribution in [0.2, 0.25) is 0 Å². The highest BCUT2D eigenvalue weighted by Crippen LogP contribution is 2.19. The monoisotopic (exact) mass is 449 g/mol. The van der Waals surface area contributed by atoms with Crippen molar-refractivity contribution in [1.29, 1.82) is 0 Å². The van der Waals surface area contributed by atoms with Gasteiger partial charge >= 0.3 is 5.69 Å². The SMILES string of the molecule is Cc1nc2cc(=O)[nH]n2c(C)c1CC(=O)N(C)c1c(N)n(Cc2ccccc2)c(=O)[nH]c1=O. The second-order valence-corrected chi connectivity index (χ2v) is 7.77. The first kappa shape index (κ1) is 21.8. The molecule has 11 heteroatoms. The fourth-order valence-corrected chi connectivity index (χ4v) is 3.83. The molecule has 0 spiro atoms. The molecule has 0 atom stereocenters. The molecular formula is C22H23N7O4. The first-order valence-corrected chi connectivity index (χ1v) is 10.2. The van der Waals surface area contributed by atoms with Crippen molar-refractivity contribution in [2.75, 3.05) is 17.7 Å². The molecule has 0 aliphatic carbocycles. The molecule has 170 valence electrons. The number of rotatable bonds is 5. The van der Waals surface area contributed by atoms with Gasteiger partial charge < -0.3 is 10.6 Å². The number of benzene rings is 1. The molecule has 0 radical (unpaired) electrons. The summed E-state index contributed by atoms with van der Waals surface area (Å²) in [6.45, 7) is 3.65. The third-order valence-corrected chi connectivity index (χ3v) is 5.64. The normalized spacial score (nSPS) is 11.1. The molecule has 0 saturated carbocycles. The van der Waals surface area contributed by atoms with Crippen LogP contribution in [0.3, 0.4) is 0 Å². The minimum atomic E-state index is -0.755. The number of fused-ring (bicyclic) bond motifs is 1. The molecule has 33 heavy (non-hydrogen) atoms. The van der Waals surface area contributed by atoms with Gasteiger partial charge in [0.05, 0.1) is 13.0 Å². The standard InChI is InChI=1S/C22H23N7O4/c1-12-15(13(2)29-16(24-12)10-17(30)26-29)9-18(31)27(3)19-20(23)28(22(33)25-21(19)32)11-14-7-5-4-6-8-14/h4-8,10H,9,11,23H2,1-3H3,(H,26,30)(H,25,32,33). The molecule has 0 unspecified atom stereocenters. The number of carbonyl (C=O) groups excluding carboxylic acids is 1. The number of nitrogen functional groups attached to an aromatic ring is 1. The largest absolute Gasteiger partial charge is 0.383 e. The van der Waals surface area contributed by atoms with Crippen LogP contribution in [-0.4, -0.2) is 37.1 Å². The van der Waals surface area contributed by atoms with Gasteiger partial charge in [0.15, 0.2) is 11.3 Å². The number of aromatic amines is 2. The van der Waals surface area contributed by atoms with Gasteiger partial charge in [0.25, 0.3) is 11.1 Å². The molecule has 4 rings (SSSR count). The van der Waals surface area contributed by atoms with E-state index in [4.69, 9.17) is 5.73 Å². The van der Waals surface area contributed by atoms with Gasteiger partial charge in [0.1, 0.15) is 5.82 Å². The maximum atomic E-state index is 13.1.